The maximum Gasteiger partial charge on any atom is 0.239 e. The number of amides is 2. The van der Waals surface area contributed by atoms with Crippen LogP contribution in [0.4, 0.5) is 0 Å². The van der Waals surface area contributed by atoms with Crippen LogP contribution >= 0.6 is 0 Å². The predicted molar refractivity (Wildman–Crippen MR) is 76.7 cm³/mol. The largest absolute Gasteiger partial charge is 0.352 e. The van der Waals surface area contributed by atoms with Crippen molar-refractivity contribution in [2.75, 3.05) is 13.6 Å². The molecule has 0 aromatic carbocycles. The Labute approximate surface area is 116 Å². The van der Waals surface area contributed by atoms with E-state index in [4.69, 9.17) is 0 Å². The molecule has 4 heteroatoms. The van der Waals surface area contributed by atoms with Crippen molar-refractivity contribution in [1.82, 2.24) is 10.2 Å². The number of nitrogens with one attached hydrogen (secondary N) is 1. The first-order valence-electron chi connectivity index (χ1n) is 7.52. The van der Waals surface area contributed by atoms with E-state index in [1.165, 1.54) is 32.1 Å². The van der Waals surface area contributed by atoms with E-state index in [-0.39, 0.29) is 24.4 Å². The Morgan fingerprint density at radius 2 is 1.84 bits per heavy atom. The van der Waals surface area contributed by atoms with Gasteiger partial charge in [0.1, 0.15) is 0 Å². The summed E-state index contributed by atoms with van der Waals surface area (Å²) in [7, 11) is 1.71. The second-order valence-corrected chi connectivity index (χ2v) is 6.01. The van der Waals surface area contributed by atoms with Crippen LogP contribution in [0.25, 0.3) is 0 Å². The molecular formula is C15H28N2O2. The molecule has 0 spiro atoms. The van der Waals surface area contributed by atoms with Crippen molar-refractivity contribution in [1.29, 1.82) is 0 Å². The lowest BCUT2D eigenvalue weighted by molar-refractivity contribution is -0.135. The molecule has 1 aliphatic carbocycles. The summed E-state index contributed by atoms with van der Waals surface area (Å²) in [6, 6.07) is 0.123. The maximum atomic E-state index is 12.0. The molecule has 1 rings (SSSR count). The van der Waals surface area contributed by atoms with Crippen LogP contribution in [0.3, 0.4) is 0 Å². The summed E-state index contributed by atoms with van der Waals surface area (Å²) in [5.41, 5.74) is 0. The van der Waals surface area contributed by atoms with Crippen molar-refractivity contribution in [3.8, 4) is 0 Å². The lowest BCUT2D eigenvalue weighted by Gasteiger charge is -2.23. The fourth-order valence-corrected chi connectivity index (χ4v) is 2.67. The van der Waals surface area contributed by atoms with Crippen molar-refractivity contribution < 1.29 is 9.59 Å². The van der Waals surface area contributed by atoms with Gasteiger partial charge in [-0.05, 0) is 26.2 Å². The summed E-state index contributed by atoms with van der Waals surface area (Å²) in [5.74, 6) is 0.726. The van der Waals surface area contributed by atoms with Crippen molar-refractivity contribution in [3.05, 3.63) is 0 Å². The van der Waals surface area contributed by atoms with E-state index in [9.17, 15) is 9.59 Å². The van der Waals surface area contributed by atoms with Crippen LogP contribution in [-0.4, -0.2) is 36.3 Å². The number of likely N-dealkylation sites (N-methyl/N-ethyl adjacent to an activating group) is 1. The van der Waals surface area contributed by atoms with Gasteiger partial charge in [-0.3, -0.25) is 9.59 Å². The molecule has 1 N–H and O–H groups in total. The molecule has 1 saturated carbocycles. The predicted octanol–water partition coefficient (Wildman–Crippen LogP) is 2.33. The van der Waals surface area contributed by atoms with Crippen LogP contribution in [-0.2, 0) is 9.59 Å². The van der Waals surface area contributed by atoms with Crippen LogP contribution in [0.15, 0.2) is 0 Å². The molecule has 1 fully saturated rings. The normalized spacial score (nSPS) is 16.4. The summed E-state index contributed by atoms with van der Waals surface area (Å²) < 4.78 is 0. The Hall–Kier alpha value is -1.06. The molecule has 0 radical (unpaired) electrons. The van der Waals surface area contributed by atoms with Gasteiger partial charge in [-0.1, -0.05) is 32.1 Å². The van der Waals surface area contributed by atoms with Crippen LogP contribution < -0.4 is 5.32 Å². The van der Waals surface area contributed by atoms with Crippen LogP contribution in [0.1, 0.15) is 58.8 Å². The zero-order valence-corrected chi connectivity index (χ0v) is 12.6. The highest BCUT2D eigenvalue weighted by Gasteiger charge is 2.17. The molecule has 1 aliphatic rings. The van der Waals surface area contributed by atoms with Crippen LogP contribution in [0, 0.1) is 5.92 Å². The highest BCUT2D eigenvalue weighted by Crippen LogP contribution is 2.27. The standard InChI is InChI=1S/C15H28N2O2/c1-12(2)16-14(18)11-17(3)15(19)10-9-13-7-5-4-6-8-13/h12-13H,4-11H2,1-3H3,(H,16,18). The monoisotopic (exact) mass is 268 g/mol. The van der Waals surface area contributed by atoms with E-state index in [1.54, 1.807) is 11.9 Å². The minimum atomic E-state index is -0.0801. The number of rotatable bonds is 6. The van der Waals surface area contributed by atoms with Crippen LogP contribution in [0.2, 0.25) is 0 Å². The first kappa shape index (κ1) is 16.0. The summed E-state index contributed by atoms with van der Waals surface area (Å²) in [5, 5.41) is 2.80. The summed E-state index contributed by atoms with van der Waals surface area (Å²) >= 11 is 0. The number of nitrogens with zero attached hydrogens (tertiary/aromatic N) is 1. The molecule has 4 nitrogen and oxygen atoms in total. The van der Waals surface area contributed by atoms with E-state index in [0.717, 1.165) is 12.3 Å². The molecule has 0 bridgehead atoms. The lowest BCUT2D eigenvalue weighted by atomic mass is 9.86. The smallest absolute Gasteiger partial charge is 0.239 e. The van der Waals surface area contributed by atoms with Crippen molar-refractivity contribution in [2.24, 2.45) is 5.92 Å². The van der Waals surface area contributed by atoms with Gasteiger partial charge >= 0.3 is 0 Å². The van der Waals surface area contributed by atoms with Gasteiger partial charge in [0.05, 0.1) is 6.54 Å². The number of carbonyl (C=O) groups excluding carboxylic acids is 2. The van der Waals surface area contributed by atoms with Crippen molar-refractivity contribution in [2.45, 2.75) is 64.8 Å². The molecule has 0 aromatic rings. The molecule has 19 heavy (non-hydrogen) atoms. The highest BCUT2D eigenvalue weighted by molar-refractivity contribution is 5.84. The Morgan fingerprint density at radius 1 is 1.21 bits per heavy atom. The first-order valence-corrected chi connectivity index (χ1v) is 7.52. The Kier molecular flexibility index (Phi) is 6.89. The van der Waals surface area contributed by atoms with E-state index in [1.807, 2.05) is 13.8 Å². The fraction of sp³-hybridized carbons (Fsp3) is 0.867. The molecule has 0 saturated heterocycles. The van der Waals surface area contributed by atoms with E-state index in [2.05, 4.69) is 5.32 Å². The highest BCUT2D eigenvalue weighted by atomic mass is 16.2. The quantitative estimate of drug-likeness (QED) is 0.804. The third-order valence-electron chi connectivity index (χ3n) is 3.75. The Bertz CT molecular complexity index is 297. The topological polar surface area (TPSA) is 49.4 Å². The molecule has 2 amide bonds. The van der Waals surface area contributed by atoms with Gasteiger partial charge in [0.15, 0.2) is 0 Å². The molecule has 0 aromatic heterocycles. The van der Waals surface area contributed by atoms with Crippen molar-refractivity contribution >= 4 is 11.8 Å². The zero-order valence-electron chi connectivity index (χ0n) is 12.6. The van der Waals surface area contributed by atoms with Gasteiger partial charge in [0, 0.05) is 19.5 Å². The molecule has 110 valence electrons. The van der Waals surface area contributed by atoms with Gasteiger partial charge in [-0.2, -0.15) is 0 Å². The van der Waals surface area contributed by atoms with Gasteiger partial charge in [-0.15, -0.1) is 0 Å². The van der Waals surface area contributed by atoms with Crippen molar-refractivity contribution in [3.63, 3.8) is 0 Å². The van der Waals surface area contributed by atoms with E-state index < -0.39 is 0 Å². The fourth-order valence-electron chi connectivity index (χ4n) is 2.67. The molecule has 0 unspecified atom stereocenters. The second kappa shape index (κ2) is 8.18. The molecule has 0 atom stereocenters. The third kappa shape index (κ3) is 6.60. The minimum absolute atomic E-state index is 0.0801. The van der Waals surface area contributed by atoms with Gasteiger partial charge in [-0.25, -0.2) is 0 Å². The maximum absolute atomic E-state index is 12.0. The zero-order chi connectivity index (χ0) is 14.3. The molecule has 0 heterocycles. The number of hydrogen-bond acceptors (Lipinski definition) is 2. The van der Waals surface area contributed by atoms with Gasteiger partial charge < -0.3 is 10.2 Å². The summed E-state index contributed by atoms with van der Waals surface area (Å²) in [4.78, 5) is 25.1. The minimum Gasteiger partial charge on any atom is -0.352 e. The Morgan fingerprint density at radius 3 is 2.42 bits per heavy atom. The van der Waals surface area contributed by atoms with Gasteiger partial charge in [0.2, 0.25) is 11.8 Å². The van der Waals surface area contributed by atoms with E-state index in [0.29, 0.717) is 6.42 Å². The van der Waals surface area contributed by atoms with E-state index >= 15 is 0 Å². The average Bonchev–Trinajstić information content (AvgIpc) is 2.36. The number of hydrogen-bond donors (Lipinski definition) is 1. The summed E-state index contributed by atoms with van der Waals surface area (Å²) in [6.45, 7) is 4.01. The Balaban J connectivity index is 2.22. The molecule has 0 aliphatic heterocycles. The lowest BCUT2D eigenvalue weighted by Crippen LogP contribution is -2.40. The van der Waals surface area contributed by atoms with Gasteiger partial charge in [0.25, 0.3) is 0 Å². The second-order valence-electron chi connectivity index (χ2n) is 6.01. The average molecular weight is 268 g/mol. The third-order valence-corrected chi connectivity index (χ3v) is 3.75. The first-order chi connectivity index (χ1) is 8.99. The SMILES string of the molecule is CC(C)NC(=O)CN(C)C(=O)CCC1CCCCC1. The summed E-state index contributed by atoms with van der Waals surface area (Å²) in [6.07, 6.45) is 8.07. The molecular weight excluding hydrogens is 240 g/mol. The number of carbonyl (C=O) groups is 2. The van der Waals surface area contributed by atoms with Crippen LogP contribution in [0.5, 0.6) is 0 Å².